The number of carbonyl (C=O) groups excluding carboxylic acids is 1. The first-order valence-electron chi connectivity index (χ1n) is 5.38. The van der Waals surface area contributed by atoms with Crippen molar-refractivity contribution < 1.29 is 13.9 Å². The number of carbonyl (C=O) groups is 1. The zero-order valence-electron chi connectivity index (χ0n) is 9.36. The predicted octanol–water partition coefficient (Wildman–Crippen LogP) is 2.92. The molecule has 0 N–H and O–H groups in total. The summed E-state index contributed by atoms with van der Waals surface area (Å²) in [5.74, 6) is 0.793. The highest BCUT2D eigenvalue weighted by Crippen LogP contribution is 2.06. The van der Waals surface area contributed by atoms with Crippen LogP contribution < -0.4 is 0 Å². The Hall–Kier alpha value is -1.09. The van der Waals surface area contributed by atoms with E-state index >= 15 is 0 Å². The number of hydrogen-bond acceptors (Lipinski definition) is 3. The van der Waals surface area contributed by atoms with Gasteiger partial charge in [0.15, 0.2) is 5.76 Å². The molecule has 0 radical (unpaired) electrons. The number of hydrogen-bond donors (Lipinski definition) is 0. The molecule has 0 aliphatic rings. The van der Waals surface area contributed by atoms with Crippen molar-refractivity contribution >= 4 is 5.78 Å². The van der Waals surface area contributed by atoms with E-state index in [4.69, 9.17) is 9.15 Å². The van der Waals surface area contributed by atoms with Crippen molar-refractivity contribution in [3.63, 3.8) is 0 Å². The quantitative estimate of drug-likeness (QED) is 0.649. The second-order valence-electron chi connectivity index (χ2n) is 3.81. The van der Waals surface area contributed by atoms with Gasteiger partial charge in [-0.3, -0.25) is 4.79 Å². The van der Waals surface area contributed by atoms with Crippen molar-refractivity contribution in [3.05, 3.63) is 24.2 Å². The van der Waals surface area contributed by atoms with Crippen LogP contribution in [0.5, 0.6) is 0 Å². The van der Waals surface area contributed by atoms with Crippen molar-refractivity contribution in [2.45, 2.75) is 26.7 Å². The topological polar surface area (TPSA) is 39.4 Å². The molecule has 0 spiro atoms. The molecule has 0 saturated heterocycles. The molecular weight excluding hydrogens is 192 g/mol. The summed E-state index contributed by atoms with van der Waals surface area (Å²) in [5.41, 5.74) is 0. The summed E-state index contributed by atoms with van der Waals surface area (Å²) in [6.45, 7) is 5.02. The molecule has 1 aromatic rings. The first kappa shape index (κ1) is 12.0. The lowest BCUT2D eigenvalue weighted by Gasteiger charge is -2.09. The smallest absolute Gasteiger partial charge is 0.223 e. The summed E-state index contributed by atoms with van der Waals surface area (Å²) >= 11 is 0. The Bertz CT molecular complexity index is 277. The molecule has 0 saturated carbocycles. The van der Waals surface area contributed by atoms with Gasteiger partial charge in [0, 0.05) is 6.61 Å². The van der Waals surface area contributed by atoms with E-state index < -0.39 is 0 Å². The maximum absolute atomic E-state index is 11.4. The molecule has 3 nitrogen and oxygen atoms in total. The van der Waals surface area contributed by atoms with Gasteiger partial charge in [-0.05, 0) is 24.5 Å². The monoisotopic (exact) mass is 210 g/mol. The van der Waals surface area contributed by atoms with Crippen LogP contribution in [-0.4, -0.2) is 19.0 Å². The van der Waals surface area contributed by atoms with Gasteiger partial charge in [0.05, 0.1) is 6.26 Å². The molecule has 1 rings (SSSR count). The summed E-state index contributed by atoms with van der Waals surface area (Å²) in [6.07, 6.45) is 3.78. The molecule has 0 aliphatic carbocycles. The largest absolute Gasteiger partial charge is 0.461 e. The Labute approximate surface area is 90.4 Å². The van der Waals surface area contributed by atoms with Crippen molar-refractivity contribution in [1.29, 1.82) is 0 Å². The van der Waals surface area contributed by atoms with Gasteiger partial charge in [0.1, 0.15) is 6.61 Å². The Kier molecular flexibility index (Phi) is 5.12. The molecule has 3 heteroatoms. The Balaban J connectivity index is 2.18. The summed E-state index contributed by atoms with van der Waals surface area (Å²) in [4.78, 5) is 11.4. The molecule has 1 heterocycles. The van der Waals surface area contributed by atoms with E-state index in [0.29, 0.717) is 18.3 Å². The fourth-order valence-electron chi connectivity index (χ4n) is 1.44. The maximum atomic E-state index is 11.4. The minimum Gasteiger partial charge on any atom is -0.461 e. The summed E-state index contributed by atoms with van der Waals surface area (Å²) < 4.78 is 10.3. The van der Waals surface area contributed by atoms with E-state index in [-0.39, 0.29) is 12.4 Å². The Morgan fingerprint density at radius 3 is 3.00 bits per heavy atom. The fourth-order valence-corrected chi connectivity index (χ4v) is 1.44. The second kappa shape index (κ2) is 6.40. The molecule has 1 aromatic heterocycles. The van der Waals surface area contributed by atoms with Crippen LogP contribution >= 0.6 is 0 Å². The number of furan rings is 1. The zero-order chi connectivity index (χ0) is 11.1. The summed E-state index contributed by atoms with van der Waals surface area (Å²) in [7, 11) is 0. The van der Waals surface area contributed by atoms with Crippen LogP contribution in [0.25, 0.3) is 0 Å². The number of ether oxygens (including phenoxy) is 1. The van der Waals surface area contributed by atoms with Crippen LogP contribution in [0.1, 0.15) is 37.2 Å². The molecule has 0 amide bonds. The van der Waals surface area contributed by atoms with Gasteiger partial charge < -0.3 is 9.15 Å². The Morgan fingerprint density at radius 2 is 2.40 bits per heavy atom. The zero-order valence-corrected chi connectivity index (χ0v) is 9.36. The first-order chi connectivity index (χ1) is 7.24. The molecule has 0 fully saturated rings. The van der Waals surface area contributed by atoms with E-state index in [1.807, 2.05) is 0 Å². The molecular formula is C12H18O3. The van der Waals surface area contributed by atoms with Crippen LogP contribution in [0.15, 0.2) is 22.8 Å². The SMILES string of the molecule is CCCC(C)COCC(=O)c1ccco1. The van der Waals surface area contributed by atoms with E-state index in [1.54, 1.807) is 12.1 Å². The van der Waals surface area contributed by atoms with E-state index in [0.717, 1.165) is 12.8 Å². The average Bonchev–Trinajstić information content (AvgIpc) is 2.70. The van der Waals surface area contributed by atoms with Crippen molar-refractivity contribution in [3.8, 4) is 0 Å². The maximum Gasteiger partial charge on any atom is 0.223 e. The number of ketones is 1. The summed E-state index contributed by atoms with van der Waals surface area (Å²) in [6, 6.07) is 3.36. The third kappa shape index (κ3) is 4.30. The molecule has 0 bridgehead atoms. The average molecular weight is 210 g/mol. The van der Waals surface area contributed by atoms with Gasteiger partial charge in [-0.15, -0.1) is 0 Å². The van der Waals surface area contributed by atoms with Crippen LogP contribution in [0.3, 0.4) is 0 Å². The lowest BCUT2D eigenvalue weighted by Crippen LogP contribution is -2.13. The van der Waals surface area contributed by atoms with Crippen LogP contribution in [0.4, 0.5) is 0 Å². The molecule has 1 unspecified atom stereocenters. The number of rotatable bonds is 7. The lowest BCUT2D eigenvalue weighted by molar-refractivity contribution is 0.0658. The standard InChI is InChI=1S/C12H18O3/c1-3-5-10(2)8-14-9-11(13)12-6-4-7-15-12/h4,6-7,10H,3,5,8-9H2,1-2H3. The highest BCUT2D eigenvalue weighted by molar-refractivity contribution is 5.94. The van der Waals surface area contributed by atoms with Gasteiger partial charge in [-0.25, -0.2) is 0 Å². The number of Topliss-reactive ketones (excluding diaryl/α,β-unsaturated/α-hetero) is 1. The van der Waals surface area contributed by atoms with Crippen molar-refractivity contribution in [2.24, 2.45) is 5.92 Å². The first-order valence-corrected chi connectivity index (χ1v) is 5.38. The minimum atomic E-state index is -0.0938. The van der Waals surface area contributed by atoms with Crippen LogP contribution in [0.2, 0.25) is 0 Å². The fraction of sp³-hybridized carbons (Fsp3) is 0.583. The van der Waals surface area contributed by atoms with Crippen LogP contribution in [0, 0.1) is 5.92 Å². The van der Waals surface area contributed by atoms with Crippen LogP contribution in [-0.2, 0) is 4.74 Å². The second-order valence-corrected chi connectivity index (χ2v) is 3.81. The third-order valence-corrected chi connectivity index (χ3v) is 2.21. The van der Waals surface area contributed by atoms with E-state index in [2.05, 4.69) is 13.8 Å². The highest BCUT2D eigenvalue weighted by atomic mass is 16.5. The summed E-state index contributed by atoms with van der Waals surface area (Å²) in [5, 5.41) is 0. The van der Waals surface area contributed by atoms with E-state index in [9.17, 15) is 4.79 Å². The minimum absolute atomic E-state index is 0.0938. The van der Waals surface area contributed by atoms with Gasteiger partial charge in [-0.2, -0.15) is 0 Å². The molecule has 0 aromatic carbocycles. The van der Waals surface area contributed by atoms with Crippen molar-refractivity contribution in [1.82, 2.24) is 0 Å². The van der Waals surface area contributed by atoms with Gasteiger partial charge >= 0.3 is 0 Å². The predicted molar refractivity (Wildman–Crippen MR) is 57.9 cm³/mol. The van der Waals surface area contributed by atoms with Gasteiger partial charge in [0.2, 0.25) is 5.78 Å². The molecule has 84 valence electrons. The Morgan fingerprint density at radius 1 is 1.60 bits per heavy atom. The molecule has 1 atom stereocenters. The highest BCUT2D eigenvalue weighted by Gasteiger charge is 2.09. The van der Waals surface area contributed by atoms with Gasteiger partial charge in [-0.1, -0.05) is 20.3 Å². The van der Waals surface area contributed by atoms with Gasteiger partial charge in [0.25, 0.3) is 0 Å². The molecule has 0 aliphatic heterocycles. The van der Waals surface area contributed by atoms with E-state index in [1.165, 1.54) is 6.26 Å². The third-order valence-electron chi connectivity index (χ3n) is 2.21. The lowest BCUT2D eigenvalue weighted by atomic mass is 10.1. The normalized spacial score (nSPS) is 12.7. The molecule has 15 heavy (non-hydrogen) atoms. The van der Waals surface area contributed by atoms with Crippen molar-refractivity contribution in [2.75, 3.05) is 13.2 Å².